The molecule has 120 valence electrons. The number of carboxylic acid groups (broad SMARTS) is 1. The van der Waals surface area contributed by atoms with Crippen molar-refractivity contribution < 1.29 is 9.90 Å². The van der Waals surface area contributed by atoms with E-state index in [1.807, 2.05) is 0 Å². The van der Waals surface area contributed by atoms with E-state index in [4.69, 9.17) is 5.11 Å². The normalized spacial score (nSPS) is 10.8. The fourth-order valence-electron chi connectivity index (χ4n) is 2.39. The van der Waals surface area contributed by atoms with E-state index in [0.717, 1.165) is 12.8 Å². The molecular weight excluding hydrogens is 250 g/mol. The minimum atomic E-state index is -0.659. The van der Waals surface area contributed by atoms with Gasteiger partial charge in [-0.05, 0) is 32.4 Å². The van der Waals surface area contributed by atoms with Gasteiger partial charge in [-0.25, -0.2) is 0 Å². The van der Waals surface area contributed by atoms with E-state index in [1.165, 1.54) is 77.3 Å². The maximum atomic E-state index is 10.3. The van der Waals surface area contributed by atoms with Crippen LogP contribution in [0.5, 0.6) is 0 Å². The molecule has 0 aromatic carbocycles. The third-order valence-corrected chi connectivity index (χ3v) is 3.70. The number of hydrogen-bond acceptors (Lipinski definition) is 2. The molecule has 0 aliphatic heterocycles. The third kappa shape index (κ3) is 17.4. The molecule has 0 atom stereocenters. The lowest BCUT2D eigenvalue weighted by Gasteiger charge is -2.04. The summed E-state index contributed by atoms with van der Waals surface area (Å²) < 4.78 is 0. The Kier molecular flexibility index (Phi) is 16.0. The number of nitrogens with one attached hydrogen (secondary N) is 1. The van der Waals surface area contributed by atoms with Gasteiger partial charge in [0.15, 0.2) is 0 Å². The monoisotopic (exact) mass is 285 g/mol. The maximum Gasteiger partial charge on any atom is 0.303 e. The van der Waals surface area contributed by atoms with Crippen molar-refractivity contribution in [3.63, 3.8) is 0 Å². The Morgan fingerprint density at radius 2 is 1.20 bits per heavy atom. The van der Waals surface area contributed by atoms with Gasteiger partial charge in [0.1, 0.15) is 0 Å². The molecule has 0 heterocycles. The fraction of sp³-hybridized carbons (Fsp3) is 0.941. The van der Waals surface area contributed by atoms with Gasteiger partial charge >= 0.3 is 5.97 Å². The smallest absolute Gasteiger partial charge is 0.303 e. The van der Waals surface area contributed by atoms with E-state index >= 15 is 0 Å². The van der Waals surface area contributed by atoms with E-state index in [-0.39, 0.29) is 0 Å². The summed E-state index contributed by atoms with van der Waals surface area (Å²) in [5.74, 6) is -0.659. The van der Waals surface area contributed by atoms with Gasteiger partial charge in [-0.3, -0.25) is 4.79 Å². The zero-order valence-electron chi connectivity index (χ0n) is 13.5. The molecule has 0 spiro atoms. The zero-order valence-corrected chi connectivity index (χ0v) is 13.5. The molecule has 0 amide bonds. The van der Waals surface area contributed by atoms with Crippen molar-refractivity contribution in [1.29, 1.82) is 0 Å². The van der Waals surface area contributed by atoms with Crippen molar-refractivity contribution in [1.82, 2.24) is 5.32 Å². The Morgan fingerprint density at radius 1 is 0.750 bits per heavy atom. The van der Waals surface area contributed by atoms with Gasteiger partial charge in [0.2, 0.25) is 0 Å². The standard InChI is InChI=1S/C17H35NO2/c1-2-3-12-15-18-16-13-10-8-6-4-5-7-9-11-14-17(19)20/h18H,2-16H2,1H3,(H,19,20). The predicted octanol–water partition coefficient (Wildman–Crippen LogP) is 4.75. The lowest BCUT2D eigenvalue weighted by atomic mass is 10.1. The van der Waals surface area contributed by atoms with Gasteiger partial charge in [-0.2, -0.15) is 0 Å². The molecule has 0 aliphatic carbocycles. The molecule has 0 aromatic rings. The first-order chi connectivity index (χ1) is 9.77. The first-order valence-electron chi connectivity index (χ1n) is 8.70. The van der Waals surface area contributed by atoms with Crippen LogP contribution in [0.2, 0.25) is 0 Å². The Labute approximate surface area is 125 Å². The molecule has 20 heavy (non-hydrogen) atoms. The zero-order chi connectivity index (χ0) is 14.9. The van der Waals surface area contributed by atoms with Crippen LogP contribution in [0.15, 0.2) is 0 Å². The molecule has 0 fully saturated rings. The number of unbranched alkanes of at least 4 members (excludes halogenated alkanes) is 10. The number of aliphatic carboxylic acids is 1. The molecule has 3 heteroatoms. The highest BCUT2D eigenvalue weighted by Crippen LogP contribution is 2.10. The molecule has 0 bridgehead atoms. The van der Waals surface area contributed by atoms with Crippen LogP contribution in [0.3, 0.4) is 0 Å². The van der Waals surface area contributed by atoms with Crippen molar-refractivity contribution in [2.75, 3.05) is 13.1 Å². The van der Waals surface area contributed by atoms with Crippen molar-refractivity contribution in [2.45, 2.75) is 90.4 Å². The van der Waals surface area contributed by atoms with Gasteiger partial charge in [0.25, 0.3) is 0 Å². The molecule has 3 nitrogen and oxygen atoms in total. The average molecular weight is 285 g/mol. The molecule has 0 saturated carbocycles. The summed E-state index contributed by atoms with van der Waals surface area (Å²) in [5.41, 5.74) is 0. The lowest BCUT2D eigenvalue weighted by molar-refractivity contribution is -0.137. The Balaban J connectivity index is 2.94. The molecule has 0 unspecified atom stereocenters. The van der Waals surface area contributed by atoms with Crippen LogP contribution in [0.1, 0.15) is 90.4 Å². The number of carboxylic acids is 1. The topological polar surface area (TPSA) is 49.3 Å². The molecule has 0 aromatic heterocycles. The van der Waals surface area contributed by atoms with Crippen molar-refractivity contribution in [3.8, 4) is 0 Å². The first kappa shape index (κ1) is 19.4. The van der Waals surface area contributed by atoms with E-state index in [2.05, 4.69) is 12.2 Å². The summed E-state index contributed by atoms with van der Waals surface area (Å²) in [6, 6.07) is 0. The second-order valence-electron chi connectivity index (χ2n) is 5.78. The molecule has 2 N–H and O–H groups in total. The van der Waals surface area contributed by atoms with Crippen LogP contribution in [-0.2, 0) is 4.79 Å². The highest BCUT2D eigenvalue weighted by molar-refractivity contribution is 5.66. The summed E-state index contributed by atoms with van der Waals surface area (Å²) >= 11 is 0. The summed E-state index contributed by atoms with van der Waals surface area (Å²) in [7, 11) is 0. The van der Waals surface area contributed by atoms with E-state index < -0.39 is 5.97 Å². The van der Waals surface area contributed by atoms with Crippen molar-refractivity contribution in [2.24, 2.45) is 0 Å². The SMILES string of the molecule is CCCCCNCCCCCCCCCCCC(=O)O. The van der Waals surface area contributed by atoms with Crippen molar-refractivity contribution in [3.05, 3.63) is 0 Å². The summed E-state index contributed by atoms with van der Waals surface area (Å²) in [6.07, 6.45) is 15.4. The maximum absolute atomic E-state index is 10.3. The molecule has 0 aliphatic rings. The van der Waals surface area contributed by atoms with Gasteiger partial charge in [-0.15, -0.1) is 0 Å². The van der Waals surface area contributed by atoms with E-state index in [1.54, 1.807) is 0 Å². The summed E-state index contributed by atoms with van der Waals surface area (Å²) in [6.45, 7) is 4.61. The molecule has 0 radical (unpaired) electrons. The number of rotatable bonds is 16. The Bertz CT molecular complexity index is 207. The minimum Gasteiger partial charge on any atom is -0.481 e. The van der Waals surface area contributed by atoms with Gasteiger partial charge < -0.3 is 10.4 Å². The quantitative estimate of drug-likeness (QED) is 0.402. The van der Waals surface area contributed by atoms with E-state index in [0.29, 0.717) is 6.42 Å². The predicted molar refractivity (Wildman–Crippen MR) is 86.2 cm³/mol. The average Bonchev–Trinajstić information content (AvgIpc) is 2.43. The molecule has 0 saturated heterocycles. The number of carbonyl (C=O) groups is 1. The van der Waals surface area contributed by atoms with Crippen LogP contribution < -0.4 is 5.32 Å². The van der Waals surface area contributed by atoms with Crippen LogP contribution in [-0.4, -0.2) is 24.2 Å². The number of hydrogen-bond donors (Lipinski definition) is 2. The van der Waals surface area contributed by atoms with Gasteiger partial charge in [0.05, 0.1) is 0 Å². The highest BCUT2D eigenvalue weighted by Gasteiger charge is 1.96. The van der Waals surface area contributed by atoms with Crippen LogP contribution >= 0.6 is 0 Å². The summed E-state index contributed by atoms with van der Waals surface area (Å²) in [4.78, 5) is 10.3. The highest BCUT2D eigenvalue weighted by atomic mass is 16.4. The van der Waals surface area contributed by atoms with Crippen molar-refractivity contribution >= 4 is 5.97 Å². The lowest BCUT2D eigenvalue weighted by Crippen LogP contribution is -2.16. The third-order valence-electron chi connectivity index (χ3n) is 3.70. The van der Waals surface area contributed by atoms with Crippen LogP contribution in [0.4, 0.5) is 0 Å². The molecule has 0 rings (SSSR count). The first-order valence-corrected chi connectivity index (χ1v) is 8.70. The van der Waals surface area contributed by atoms with Crippen LogP contribution in [0, 0.1) is 0 Å². The Hall–Kier alpha value is -0.570. The van der Waals surface area contributed by atoms with Crippen LogP contribution in [0.25, 0.3) is 0 Å². The Morgan fingerprint density at radius 3 is 1.70 bits per heavy atom. The second kappa shape index (κ2) is 16.5. The van der Waals surface area contributed by atoms with Gasteiger partial charge in [0, 0.05) is 6.42 Å². The fourth-order valence-corrected chi connectivity index (χ4v) is 2.39. The van der Waals surface area contributed by atoms with E-state index in [9.17, 15) is 4.79 Å². The second-order valence-corrected chi connectivity index (χ2v) is 5.78. The largest absolute Gasteiger partial charge is 0.481 e. The van der Waals surface area contributed by atoms with Gasteiger partial charge in [-0.1, -0.05) is 64.7 Å². The molecular formula is C17H35NO2. The minimum absolute atomic E-state index is 0.339. The summed E-state index contributed by atoms with van der Waals surface area (Å²) in [5, 5.41) is 12.0.